The van der Waals surface area contributed by atoms with E-state index in [4.69, 9.17) is 20.9 Å². The summed E-state index contributed by atoms with van der Waals surface area (Å²) in [6, 6.07) is 17.7. The molecule has 0 unspecified atom stereocenters. The Labute approximate surface area is 419 Å². The lowest BCUT2D eigenvalue weighted by Gasteiger charge is -2.35. The van der Waals surface area contributed by atoms with Gasteiger partial charge in [-0.3, -0.25) is 33.7 Å². The third-order valence-corrected chi connectivity index (χ3v) is 14.6. The summed E-state index contributed by atoms with van der Waals surface area (Å²) in [5.41, 5.74) is 20.4. The van der Waals surface area contributed by atoms with Gasteiger partial charge in [0.1, 0.15) is 24.7 Å². The number of rotatable bonds is 21. The first-order valence-electron chi connectivity index (χ1n) is 24.5. The maximum Gasteiger partial charge on any atom is 0.246 e. The minimum Gasteiger partial charge on any atom is -0.391 e. The summed E-state index contributed by atoms with van der Waals surface area (Å²) in [5.74, 6) is -2.41. The molecule has 3 aromatic carbocycles. The van der Waals surface area contributed by atoms with Crippen LogP contribution < -0.4 is 32.3 Å². The van der Waals surface area contributed by atoms with Crippen LogP contribution >= 0.6 is 11.3 Å². The number of hydrogen-bond acceptors (Lipinski definition) is 12. The van der Waals surface area contributed by atoms with Crippen molar-refractivity contribution in [2.24, 2.45) is 16.9 Å². The number of aromatic nitrogens is 1. The molecule has 4 aromatic rings. The fraction of sp³-hybridized carbons (Fsp3) is 0.491. The van der Waals surface area contributed by atoms with E-state index >= 15 is 0 Å². The van der Waals surface area contributed by atoms with Gasteiger partial charge >= 0.3 is 0 Å². The second kappa shape index (κ2) is 23.5. The number of likely N-dealkylation sites (tertiary alicyclic amines) is 1. The molecule has 3 aliphatic heterocycles. The van der Waals surface area contributed by atoms with Crippen LogP contribution in [-0.2, 0) is 70.7 Å². The van der Waals surface area contributed by atoms with Crippen LogP contribution in [0.15, 0.2) is 72.2 Å². The number of β-amino-alcohol motifs (C(OH)–C–C–N with tert-alkyl or cyclic N) is 1. The highest BCUT2D eigenvalue weighted by molar-refractivity contribution is 7.13. The van der Waals surface area contributed by atoms with E-state index in [9.17, 15) is 33.9 Å². The number of thiazole rings is 1. The van der Waals surface area contributed by atoms with Crippen LogP contribution in [0.5, 0.6) is 0 Å². The van der Waals surface area contributed by atoms with E-state index in [1.54, 1.807) is 16.2 Å². The maximum atomic E-state index is 14.0. The number of anilines is 1. The van der Waals surface area contributed by atoms with Crippen molar-refractivity contribution in [1.82, 2.24) is 25.8 Å². The van der Waals surface area contributed by atoms with Crippen molar-refractivity contribution in [1.29, 1.82) is 0 Å². The van der Waals surface area contributed by atoms with E-state index in [1.165, 1.54) is 4.90 Å². The third kappa shape index (κ3) is 13.3. The summed E-state index contributed by atoms with van der Waals surface area (Å²) in [4.78, 5) is 88.2. The molecule has 0 bridgehead atoms. The highest BCUT2D eigenvalue weighted by Crippen LogP contribution is 2.39. The molecule has 0 saturated carbocycles. The number of benzene rings is 3. The number of aliphatic hydroxyl groups is 1. The Morgan fingerprint density at radius 2 is 1.65 bits per heavy atom. The van der Waals surface area contributed by atoms with E-state index in [0.29, 0.717) is 38.7 Å². The molecule has 0 spiro atoms. The second-order valence-electron chi connectivity index (χ2n) is 20.1. The fourth-order valence-electron chi connectivity index (χ4n) is 9.54. The number of aliphatic hydroxyl groups excluding tert-OH is 1. The number of para-hydroxylation sites is 1. The van der Waals surface area contributed by atoms with E-state index in [-0.39, 0.29) is 63.3 Å². The molecule has 1 saturated heterocycles. The molecule has 7 rings (SSSR count). The van der Waals surface area contributed by atoms with Crippen molar-refractivity contribution in [2.45, 2.75) is 142 Å². The number of aryl methyl sites for hydroxylation is 3. The predicted octanol–water partition coefficient (Wildman–Crippen LogP) is 3.76. The number of carbonyl (C=O) groups is 6. The van der Waals surface area contributed by atoms with E-state index in [2.05, 4.69) is 20.9 Å². The van der Waals surface area contributed by atoms with Gasteiger partial charge in [-0.15, -0.1) is 11.3 Å². The molecule has 380 valence electrons. The first-order valence-corrected chi connectivity index (χ1v) is 25.4. The molecule has 0 aliphatic carbocycles. The minimum atomic E-state index is -0.975. The quantitative estimate of drug-likeness (QED) is 0.0656. The average Bonchev–Trinajstić information content (AvgIpc) is 4.06. The number of nitrogens with two attached hydrogens (primary N) is 2. The second-order valence-corrected chi connectivity index (χ2v) is 20.9. The molecule has 71 heavy (non-hydrogen) atoms. The predicted molar refractivity (Wildman–Crippen MR) is 270 cm³/mol. The minimum absolute atomic E-state index is 0.0258. The van der Waals surface area contributed by atoms with Crippen LogP contribution in [0.3, 0.4) is 0 Å². The Morgan fingerprint density at radius 3 is 2.34 bits per heavy atom. The van der Waals surface area contributed by atoms with Gasteiger partial charge in [0, 0.05) is 39.0 Å². The third-order valence-electron chi connectivity index (χ3n) is 13.6. The van der Waals surface area contributed by atoms with Gasteiger partial charge in [-0.05, 0) is 84.7 Å². The van der Waals surface area contributed by atoms with Crippen molar-refractivity contribution in [3.63, 3.8) is 0 Å². The average molecular weight is 993 g/mol. The SMILES string of the molecule is Cc1ncsc1-c1ccc(CNC(=O)[C@@H]2C[C@@H](O)CN2C(=O)[C@@H](NC(=O)COCCCc2ccc(CO[C@H](C)[C@H](CCC(N)=O)NC(=O)[C@@H]3Cc4cccc5c4N3C(=O)[C@@H](N)CC5)cc2)C(C)(C)C)cc1. The zero-order chi connectivity index (χ0) is 51.0. The smallest absolute Gasteiger partial charge is 0.246 e. The molecule has 4 heterocycles. The van der Waals surface area contributed by atoms with Crippen molar-refractivity contribution in [2.75, 3.05) is 24.7 Å². The summed E-state index contributed by atoms with van der Waals surface area (Å²) < 4.78 is 12.0. The summed E-state index contributed by atoms with van der Waals surface area (Å²) >= 11 is 1.57. The summed E-state index contributed by atoms with van der Waals surface area (Å²) in [7, 11) is 0. The standard InChI is InChI=1S/C53H68N8O9S/c1-31-47(71-30-57-31)37-17-15-34(16-18-37)26-56-49(65)42-25-39(62)27-60(42)52(68)48(53(3,4)5)59-45(64)29-69-23-7-8-33-11-13-35(14-12-33)28-70-32(2)41(21-22-44(55)63)58-50(66)43-24-38-10-6-9-36-19-20-40(54)51(67)61(43)46(36)38/h6,9-18,30,32,39-43,48,62H,7-8,19-29,54H2,1-5H3,(H2,55,63)(H,56,65)(H,58,66)(H,59,64)/t32-,39-,40+,41+,42+,43+,48-/m1/s1. The van der Waals surface area contributed by atoms with Crippen LogP contribution in [-0.4, -0.2) is 113 Å². The Kier molecular flexibility index (Phi) is 17.4. The Balaban J connectivity index is 0.841. The van der Waals surface area contributed by atoms with Crippen molar-refractivity contribution in [3.8, 4) is 10.4 Å². The van der Waals surface area contributed by atoms with Gasteiger partial charge in [-0.1, -0.05) is 87.5 Å². The van der Waals surface area contributed by atoms with Crippen LogP contribution in [0.4, 0.5) is 5.69 Å². The first kappa shape index (κ1) is 52.8. The number of primary amides is 1. The molecular formula is C53H68N8O9S. The molecule has 17 nitrogen and oxygen atoms in total. The lowest BCUT2D eigenvalue weighted by atomic mass is 9.85. The number of hydrogen-bond donors (Lipinski definition) is 6. The molecule has 3 aliphatic rings. The zero-order valence-electron chi connectivity index (χ0n) is 41.3. The lowest BCUT2D eigenvalue weighted by molar-refractivity contribution is -0.144. The van der Waals surface area contributed by atoms with E-state index in [1.807, 2.05) is 107 Å². The molecule has 0 radical (unpaired) electrons. The van der Waals surface area contributed by atoms with Crippen molar-refractivity contribution >= 4 is 52.5 Å². The van der Waals surface area contributed by atoms with Crippen molar-refractivity contribution in [3.05, 3.63) is 106 Å². The monoisotopic (exact) mass is 992 g/mol. The zero-order valence-corrected chi connectivity index (χ0v) is 42.1. The van der Waals surface area contributed by atoms with Gasteiger partial charge in [-0.2, -0.15) is 0 Å². The van der Waals surface area contributed by atoms with Gasteiger partial charge in [0.2, 0.25) is 35.4 Å². The Bertz CT molecular complexity index is 2550. The number of nitrogens with zero attached hydrogens (tertiary/aromatic N) is 3. The molecule has 1 fully saturated rings. The van der Waals surface area contributed by atoms with Gasteiger partial charge < -0.3 is 46.9 Å². The number of ether oxygens (including phenoxy) is 2. The first-order chi connectivity index (χ1) is 33.9. The van der Waals surface area contributed by atoms with E-state index < -0.39 is 65.6 Å². The summed E-state index contributed by atoms with van der Waals surface area (Å²) in [6.45, 7) is 9.79. The highest BCUT2D eigenvalue weighted by Gasteiger charge is 2.45. The normalized spacial score (nSPS) is 19.9. The lowest BCUT2D eigenvalue weighted by Crippen LogP contribution is -2.58. The molecular weight excluding hydrogens is 925 g/mol. The van der Waals surface area contributed by atoms with Gasteiger partial charge in [0.05, 0.1) is 52.7 Å². The van der Waals surface area contributed by atoms with Crippen LogP contribution in [0.25, 0.3) is 10.4 Å². The largest absolute Gasteiger partial charge is 0.391 e. The van der Waals surface area contributed by atoms with E-state index in [0.717, 1.165) is 49.6 Å². The van der Waals surface area contributed by atoms with Crippen LogP contribution in [0, 0.1) is 12.3 Å². The molecule has 7 atom stereocenters. The summed E-state index contributed by atoms with van der Waals surface area (Å²) in [5, 5.41) is 19.4. The van der Waals surface area contributed by atoms with Gasteiger partial charge in [0.15, 0.2) is 0 Å². The van der Waals surface area contributed by atoms with Crippen molar-refractivity contribution < 1.29 is 43.3 Å². The summed E-state index contributed by atoms with van der Waals surface area (Å²) in [6.07, 6.45) is 1.83. The van der Waals surface area contributed by atoms with Gasteiger partial charge in [0.25, 0.3) is 0 Å². The van der Waals surface area contributed by atoms with Crippen LogP contribution in [0.1, 0.15) is 93.3 Å². The topological polar surface area (TPSA) is 249 Å². The molecule has 8 N–H and O–H groups in total. The molecule has 18 heteroatoms. The Hall–Kier alpha value is -6.05. The Morgan fingerprint density at radius 1 is 0.944 bits per heavy atom. The fourth-order valence-corrected chi connectivity index (χ4v) is 10.3. The highest BCUT2D eigenvalue weighted by atomic mass is 32.1. The number of nitrogens with one attached hydrogen (secondary N) is 3. The van der Waals surface area contributed by atoms with Crippen LogP contribution in [0.2, 0.25) is 0 Å². The number of amides is 6. The van der Waals surface area contributed by atoms with Gasteiger partial charge in [-0.25, -0.2) is 4.98 Å². The molecule has 1 aromatic heterocycles. The molecule has 6 amide bonds. The number of carbonyl (C=O) groups excluding carboxylic acids is 6. The maximum absolute atomic E-state index is 14.0.